The van der Waals surface area contributed by atoms with Crippen molar-refractivity contribution < 1.29 is 4.79 Å². The zero-order valence-corrected chi connectivity index (χ0v) is 15.3. The number of halogens is 1. The number of rotatable bonds is 4. The number of hydrogen-bond donors (Lipinski definition) is 1. The van der Waals surface area contributed by atoms with E-state index < -0.39 is 5.25 Å². The second-order valence-electron chi connectivity index (χ2n) is 6.10. The van der Waals surface area contributed by atoms with Gasteiger partial charge < -0.3 is 5.32 Å². The molecule has 2 aromatic rings. The van der Waals surface area contributed by atoms with Crippen LogP contribution >= 0.6 is 23.4 Å². The molecule has 1 aromatic carbocycles. The standard InChI is InChI=1S/C15H17ClN6OS/c1-9(24-14-19-20-21-22(14)15(2,3)4)13(23)18-11-6-5-10(8-17)12(16)7-11/h5-7,9H,1-4H3,(H,18,23)/t9-/m0/s1. The van der Waals surface area contributed by atoms with Gasteiger partial charge in [0.15, 0.2) is 0 Å². The Morgan fingerprint density at radius 3 is 2.75 bits per heavy atom. The highest BCUT2D eigenvalue weighted by atomic mass is 35.5. The maximum Gasteiger partial charge on any atom is 0.237 e. The van der Waals surface area contributed by atoms with Gasteiger partial charge in [0.1, 0.15) is 6.07 Å². The van der Waals surface area contributed by atoms with Crippen LogP contribution in [-0.2, 0) is 10.3 Å². The lowest BCUT2D eigenvalue weighted by Gasteiger charge is -2.20. The van der Waals surface area contributed by atoms with Crippen LogP contribution in [0, 0.1) is 11.3 Å². The molecule has 0 bridgehead atoms. The molecule has 0 unspecified atom stereocenters. The maximum absolute atomic E-state index is 12.3. The van der Waals surface area contributed by atoms with Gasteiger partial charge in [0, 0.05) is 5.69 Å². The molecule has 0 saturated heterocycles. The third-order valence-corrected chi connectivity index (χ3v) is 4.43. The van der Waals surface area contributed by atoms with Crippen LogP contribution in [-0.4, -0.2) is 31.4 Å². The summed E-state index contributed by atoms with van der Waals surface area (Å²) in [5.74, 6) is -0.204. The molecule has 0 saturated carbocycles. The van der Waals surface area contributed by atoms with E-state index in [9.17, 15) is 4.79 Å². The van der Waals surface area contributed by atoms with Crippen LogP contribution in [0.1, 0.15) is 33.3 Å². The highest BCUT2D eigenvalue weighted by Crippen LogP contribution is 2.26. The normalized spacial score (nSPS) is 12.5. The van der Waals surface area contributed by atoms with Crippen molar-refractivity contribution in [2.75, 3.05) is 5.32 Å². The Morgan fingerprint density at radius 2 is 2.17 bits per heavy atom. The first-order valence-electron chi connectivity index (χ1n) is 7.18. The minimum Gasteiger partial charge on any atom is -0.325 e. The first-order valence-corrected chi connectivity index (χ1v) is 8.44. The average molecular weight is 365 g/mol. The number of nitrogens with zero attached hydrogens (tertiary/aromatic N) is 5. The summed E-state index contributed by atoms with van der Waals surface area (Å²) >= 11 is 7.24. The van der Waals surface area contributed by atoms with Crippen molar-refractivity contribution in [2.24, 2.45) is 0 Å². The van der Waals surface area contributed by atoms with E-state index in [0.717, 1.165) is 0 Å². The highest BCUT2D eigenvalue weighted by Gasteiger charge is 2.24. The second-order valence-corrected chi connectivity index (χ2v) is 7.82. The van der Waals surface area contributed by atoms with Crippen molar-refractivity contribution in [3.8, 4) is 6.07 Å². The van der Waals surface area contributed by atoms with Gasteiger partial charge in [0.05, 0.1) is 21.4 Å². The molecule has 1 amide bonds. The summed E-state index contributed by atoms with van der Waals surface area (Å²) in [6.07, 6.45) is 0. The van der Waals surface area contributed by atoms with E-state index >= 15 is 0 Å². The molecule has 126 valence electrons. The van der Waals surface area contributed by atoms with Crippen LogP contribution in [0.25, 0.3) is 0 Å². The molecule has 1 heterocycles. The molecule has 7 nitrogen and oxygen atoms in total. The molecule has 1 N–H and O–H groups in total. The van der Waals surface area contributed by atoms with Crippen LogP contribution in [0.2, 0.25) is 5.02 Å². The predicted octanol–water partition coefficient (Wildman–Crippen LogP) is 3.07. The molecule has 0 fully saturated rings. The van der Waals surface area contributed by atoms with E-state index in [1.807, 2.05) is 26.8 Å². The van der Waals surface area contributed by atoms with E-state index in [2.05, 4.69) is 20.8 Å². The summed E-state index contributed by atoms with van der Waals surface area (Å²) in [6.45, 7) is 7.72. The van der Waals surface area contributed by atoms with E-state index in [4.69, 9.17) is 16.9 Å². The number of tetrazole rings is 1. The minimum absolute atomic E-state index is 0.204. The molecule has 0 aliphatic heterocycles. The number of amides is 1. The van der Waals surface area contributed by atoms with Gasteiger partial charge in [-0.2, -0.15) is 5.26 Å². The third-order valence-electron chi connectivity index (χ3n) is 3.08. The first-order chi connectivity index (χ1) is 11.2. The molecule has 24 heavy (non-hydrogen) atoms. The Balaban J connectivity index is 2.07. The number of nitriles is 1. The maximum atomic E-state index is 12.3. The zero-order chi connectivity index (χ0) is 17.9. The molecule has 9 heteroatoms. The number of nitrogens with one attached hydrogen (secondary N) is 1. The fraction of sp³-hybridized carbons (Fsp3) is 0.400. The van der Waals surface area contributed by atoms with Crippen molar-refractivity contribution in [2.45, 2.75) is 43.6 Å². The Kier molecular flexibility index (Phi) is 5.47. The number of anilines is 1. The van der Waals surface area contributed by atoms with Gasteiger partial charge in [0.25, 0.3) is 0 Å². The van der Waals surface area contributed by atoms with Gasteiger partial charge in [-0.1, -0.05) is 23.4 Å². The second kappa shape index (κ2) is 7.20. The van der Waals surface area contributed by atoms with E-state index in [-0.39, 0.29) is 11.4 Å². The van der Waals surface area contributed by atoms with E-state index in [0.29, 0.717) is 21.4 Å². The molecule has 2 rings (SSSR count). The molecule has 0 radical (unpaired) electrons. The highest BCUT2D eigenvalue weighted by molar-refractivity contribution is 8.00. The summed E-state index contributed by atoms with van der Waals surface area (Å²) in [5, 5.41) is 23.7. The van der Waals surface area contributed by atoms with E-state index in [1.54, 1.807) is 29.8 Å². The monoisotopic (exact) mass is 364 g/mol. The summed E-state index contributed by atoms with van der Waals surface area (Å²) in [4.78, 5) is 12.3. The topological polar surface area (TPSA) is 96.5 Å². The molecule has 1 atom stereocenters. The Morgan fingerprint density at radius 1 is 1.46 bits per heavy atom. The fourth-order valence-electron chi connectivity index (χ4n) is 1.81. The quantitative estimate of drug-likeness (QED) is 0.837. The number of hydrogen-bond acceptors (Lipinski definition) is 6. The Labute approximate surface area is 149 Å². The lowest BCUT2D eigenvalue weighted by Crippen LogP contribution is -2.27. The van der Waals surface area contributed by atoms with Crippen LogP contribution < -0.4 is 5.32 Å². The summed E-state index contributed by atoms with van der Waals surface area (Å²) in [5.41, 5.74) is 0.621. The molecule has 1 aromatic heterocycles. The van der Waals surface area contributed by atoms with Crippen LogP contribution in [0.15, 0.2) is 23.4 Å². The number of carbonyl (C=O) groups excluding carboxylic acids is 1. The minimum atomic E-state index is -0.411. The fourth-order valence-corrected chi connectivity index (χ4v) is 3.01. The molecular weight excluding hydrogens is 348 g/mol. The van der Waals surface area contributed by atoms with Gasteiger partial charge >= 0.3 is 0 Å². The van der Waals surface area contributed by atoms with Crippen LogP contribution in [0.5, 0.6) is 0 Å². The van der Waals surface area contributed by atoms with Crippen molar-refractivity contribution >= 4 is 35.0 Å². The Hall–Kier alpha value is -2.11. The van der Waals surface area contributed by atoms with Crippen molar-refractivity contribution in [1.82, 2.24) is 20.2 Å². The van der Waals surface area contributed by atoms with Crippen molar-refractivity contribution in [3.05, 3.63) is 28.8 Å². The summed E-state index contributed by atoms with van der Waals surface area (Å²) in [7, 11) is 0. The molecule has 0 spiro atoms. The molecule has 0 aliphatic carbocycles. The molecular formula is C15H17ClN6OS. The molecule has 0 aliphatic rings. The van der Waals surface area contributed by atoms with Crippen LogP contribution in [0.4, 0.5) is 5.69 Å². The van der Waals surface area contributed by atoms with Gasteiger partial charge in [-0.3, -0.25) is 4.79 Å². The smallest absolute Gasteiger partial charge is 0.237 e. The number of aromatic nitrogens is 4. The summed E-state index contributed by atoms with van der Waals surface area (Å²) < 4.78 is 1.68. The number of benzene rings is 1. The Bertz CT molecular complexity index is 792. The average Bonchev–Trinajstić information content (AvgIpc) is 2.95. The predicted molar refractivity (Wildman–Crippen MR) is 92.9 cm³/mol. The first kappa shape index (κ1) is 18.2. The lowest BCUT2D eigenvalue weighted by molar-refractivity contribution is -0.115. The van der Waals surface area contributed by atoms with E-state index in [1.165, 1.54) is 11.8 Å². The third kappa shape index (κ3) is 4.24. The zero-order valence-electron chi connectivity index (χ0n) is 13.7. The van der Waals surface area contributed by atoms with Crippen molar-refractivity contribution in [3.63, 3.8) is 0 Å². The number of thioether (sulfide) groups is 1. The van der Waals surface area contributed by atoms with Gasteiger partial charge in [-0.25, -0.2) is 4.68 Å². The number of carbonyl (C=O) groups is 1. The SMILES string of the molecule is C[C@H](Sc1nnnn1C(C)(C)C)C(=O)Nc1ccc(C#N)c(Cl)c1. The lowest BCUT2D eigenvalue weighted by atomic mass is 10.1. The van der Waals surface area contributed by atoms with Crippen LogP contribution in [0.3, 0.4) is 0 Å². The summed E-state index contributed by atoms with van der Waals surface area (Å²) in [6, 6.07) is 6.73. The van der Waals surface area contributed by atoms with Crippen molar-refractivity contribution in [1.29, 1.82) is 5.26 Å². The largest absolute Gasteiger partial charge is 0.325 e. The van der Waals surface area contributed by atoms with Gasteiger partial charge in [-0.05, 0) is 56.3 Å². The van der Waals surface area contributed by atoms with Gasteiger partial charge in [-0.15, -0.1) is 5.10 Å². The van der Waals surface area contributed by atoms with Gasteiger partial charge in [0.2, 0.25) is 11.1 Å².